The number of hydrogen-bond acceptors (Lipinski definition) is 6. The highest BCUT2D eigenvalue weighted by atomic mass is 19.1. The second kappa shape index (κ2) is 8.91. The van der Waals surface area contributed by atoms with Crippen LogP contribution in [-0.2, 0) is 6.54 Å². The van der Waals surface area contributed by atoms with Gasteiger partial charge in [-0.1, -0.05) is 12.1 Å². The maximum absolute atomic E-state index is 12.1. The number of hydrogen-bond donors (Lipinski definition) is 2. The summed E-state index contributed by atoms with van der Waals surface area (Å²) in [7, 11) is 0. The van der Waals surface area contributed by atoms with Crippen molar-refractivity contribution in [3.8, 4) is 5.75 Å². The lowest BCUT2D eigenvalue weighted by atomic mass is 9.93. The molecule has 0 spiro atoms. The van der Waals surface area contributed by atoms with E-state index < -0.39 is 12.3 Å². The Bertz CT molecular complexity index is 671. The Hall–Kier alpha value is -2.25. The molecule has 2 aromatic rings. The lowest BCUT2D eigenvalue weighted by Crippen LogP contribution is -2.53. The third kappa shape index (κ3) is 5.12. The molecule has 1 saturated heterocycles. The van der Waals surface area contributed by atoms with E-state index in [2.05, 4.69) is 15.3 Å². The third-order valence-electron chi connectivity index (χ3n) is 4.44. The molecule has 0 bridgehead atoms. The maximum atomic E-state index is 12.1. The van der Waals surface area contributed by atoms with Gasteiger partial charge < -0.3 is 20.1 Å². The summed E-state index contributed by atoms with van der Waals surface area (Å²) < 4.78 is 17.3. The smallest absolute Gasteiger partial charge is 0.225 e. The summed E-state index contributed by atoms with van der Waals surface area (Å²) >= 11 is 0. The predicted octanol–water partition coefficient (Wildman–Crippen LogP) is 1.95. The lowest BCUT2D eigenvalue weighted by molar-refractivity contribution is 0.0256. The minimum absolute atomic E-state index is 0.0757. The van der Waals surface area contributed by atoms with Crippen molar-refractivity contribution in [3.05, 3.63) is 48.3 Å². The van der Waals surface area contributed by atoms with Crippen LogP contribution < -0.4 is 15.0 Å². The number of nitrogens with one attached hydrogen (secondary N) is 1. The first-order valence-electron chi connectivity index (χ1n) is 8.91. The summed E-state index contributed by atoms with van der Waals surface area (Å²) in [6, 6.07) is 9.33. The molecule has 1 aliphatic heterocycles. The summed E-state index contributed by atoms with van der Waals surface area (Å²) in [4.78, 5) is 10.6. The summed E-state index contributed by atoms with van der Waals surface area (Å²) in [6.45, 7) is 2.09. The highest BCUT2D eigenvalue weighted by Gasteiger charge is 2.33. The number of ether oxygens (including phenoxy) is 1. The van der Waals surface area contributed by atoms with Gasteiger partial charge in [0.2, 0.25) is 5.95 Å². The van der Waals surface area contributed by atoms with E-state index in [9.17, 15) is 9.50 Å². The standard InChI is InChI=1S/C19H25FN4O2/c20-8-12-26-17-5-3-16(4-6-17)13-21-14-19(25)7-1-11-24(15-19)18-22-9-2-10-23-18/h2-6,9-10,21,25H,1,7-8,11-15H2/t19-/m1/s1. The predicted molar refractivity (Wildman–Crippen MR) is 98.0 cm³/mol. The molecular formula is C19H25FN4O2. The molecule has 1 aromatic heterocycles. The van der Waals surface area contributed by atoms with Gasteiger partial charge in [0.15, 0.2) is 0 Å². The molecule has 0 saturated carbocycles. The van der Waals surface area contributed by atoms with Gasteiger partial charge in [0.25, 0.3) is 0 Å². The third-order valence-corrected chi connectivity index (χ3v) is 4.44. The van der Waals surface area contributed by atoms with Crippen LogP contribution in [0.4, 0.5) is 10.3 Å². The topological polar surface area (TPSA) is 70.5 Å². The van der Waals surface area contributed by atoms with Crippen LogP contribution >= 0.6 is 0 Å². The molecule has 1 atom stereocenters. The van der Waals surface area contributed by atoms with E-state index in [0.29, 0.717) is 31.3 Å². The average molecular weight is 360 g/mol. The van der Waals surface area contributed by atoms with Gasteiger partial charge in [-0.05, 0) is 36.6 Å². The lowest BCUT2D eigenvalue weighted by Gasteiger charge is -2.39. The van der Waals surface area contributed by atoms with Crippen molar-refractivity contribution in [1.82, 2.24) is 15.3 Å². The Morgan fingerprint density at radius 1 is 1.23 bits per heavy atom. The van der Waals surface area contributed by atoms with E-state index in [0.717, 1.165) is 24.9 Å². The van der Waals surface area contributed by atoms with Gasteiger partial charge in [-0.15, -0.1) is 0 Å². The monoisotopic (exact) mass is 360 g/mol. The Morgan fingerprint density at radius 3 is 2.73 bits per heavy atom. The van der Waals surface area contributed by atoms with Gasteiger partial charge in [0.1, 0.15) is 19.0 Å². The Balaban J connectivity index is 1.49. The number of rotatable bonds is 8. The molecule has 6 nitrogen and oxygen atoms in total. The molecule has 2 N–H and O–H groups in total. The molecule has 3 rings (SSSR count). The Labute approximate surface area is 153 Å². The Kier molecular flexibility index (Phi) is 6.35. The Morgan fingerprint density at radius 2 is 2.00 bits per heavy atom. The molecule has 0 aliphatic carbocycles. The fraction of sp³-hybridized carbons (Fsp3) is 0.474. The van der Waals surface area contributed by atoms with Crippen LogP contribution in [0, 0.1) is 0 Å². The summed E-state index contributed by atoms with van der Waals surface area (Å²) in [5.41, 5.74) is 0.280. The minimum Gasteiger partial charge on any atom is -0.491 e. The van der Waals surface area contributed by atoms with E-state index >= 15 is 0 Å². The van der Waals surface area contributed by atoms with Crippen molar-refractivity contribution in [2.45, 2.75) is 25.0 Å². The van der Waals surface area contributed by atoms with Crippen molar-refractivity contribution in [3.63, 3.8) is 0 Å². The zero-order valence-corrected chi connectivity index (χ0v) is 14.8. The van der Waals surface area contributed by atoms with Crippen LogP contribution in [0.25, 0.3) is 0 Å². The number of β-amino-alcohol motifs (C(OH)–C–C–N with tert-alkyl or cyclic N) is 1. The quantitative estimate of drug-likeness (QED) is 0.750. The van der Waals surface area contributed by atoms with Crippen LogP contribution in [0.2, 0.25) is 0 Å². The van der Waals surface area contributed by atoms with E-state index in [1.54, 1.807) is 18.5 Å². The van der Waals surface area contributed by atoms with Crippen LogP contribution in [0.15, 0.2) is 42.7 Å². The van der Waals surface area contributed by atoms with Crippen molar-refractivity contribution in [1.29, 1.82) is 0 Å². The summed E-state index contributed by atoms with van der Waals surface area (Å²) in [5, 5.41) is 14.2. The molecule has 0 unspecified atom stereocenters. The fourth-order valence-electron chi connectivity index (χ4n) is 3.18. The second-order valence-corrected chi connectivity index (χ2v) is 6.58. The van der Waals surface area contributed by atoms with Crippen LogP contribution in [0.5, 0.6) is 5.75 Å². The number of alkyl halides is 1. The van der Waals surface area contributed by atoms with Gasteiger partial charge >= 0.3 is 0 Å². The molecule has 2 heterocycles. The minimum atomic E-state index is -0.804. The van der Waals surface area contributed by atoms with Gasteiger partial charge in [0, 0.05) is 32.0 Å². The van der Waals surface area contributed by atoms with Crippen molar-refractivity contribution in [2.24, 2.45) is 0 Å². The number of aromatic nitrogens is 2. The molecule has 140 valence electrons. The van der Waals surface area contributed by atoms with E-state index in [1.807, 2.05) is 29.2 Å². The fourth-order valence-corrected chi connectivity index (χ4v) is 3.18. The number of aliphatic hydroxyl groups is 1. The highest BCUT2D eigenvalue weighted by molar-refractivity contribution is 5.31. The number of anilines is 1. The molecule has 1 aliphatic rings. The summed E-state index contributed by atoms with van der Waals surface area (Å²) in [6.07, 6.45) is 5.08. The number of nitrogens with zero attached hydrogens (tertiary/aromatic N) is 3. The zero-order valence-electron chi connectivity index (χ0n) is 14.8. The zero-order chi connectivity index (χ0) is 18.2. The van der Waals surface area contributed by atoms with E-state index in [1.165, 1.54) is 0 Å². The van der Waals surface area contributed by atoms with Crippen LogP contribution in [0.1, 0.15) is 18.4 Å². The number of benzene rings is 1. The maximum Gasteiger partial charge on any atom is 0.225 e. The van der Waals surface area contributed by atoms with Crippen LogP contribution in [-0.4, -0.2) is 53.6 Å². The van der Waals surface area contributed by atoms with Gasteiger partial charge in [-0.25, -0.2) is 14.4 Å². The average Bonchev–Trinajstić information content (AvgIpc) is 2.68. The first-order chi connectivity index (χ1) is 12.7. The molecule has 7 heteroatoms. The second-order valence-electron chi connectivity index (χ2n) is 6.58. The summed E-state index contributed by atoms with van der Waals surface area (Å²) in [5.74, 6) is 1.32. The molecule has 26 heavy (non-hydrogen) atoms. The number of piperidine rings is 1. The molecule has 0 amide bonds. The van der Waals surface area contributed by atoms with E-state index in [-0.39, 0.29) is 6.61 Å². The van der Waals surface area contributed by atoms with Gasteiger partial charge in [-0.2, -0.15) is 0 Å². The van der Waals surface area contributed by atoms with Gasteiger partial charge in [0.05, 0.1) is 12.1 Å². The number of halogens is 1. The molecule has 0 radical (unpaired) electrons. The SMILES string of the molecule is O[C@@]1(CNCc2ccc(OCCF)cc2)CCCN(c2ncccn2)C1. The first kappa shape index (κ1) is 18.5. The van der Waals surface area contributed by atoms with E-state index in [4.69, 9.17) is 4.74 Å². The first-order valence-corrected chi connectivity index (χ1v) is 8.91. The van der Waals surface area contributed by atoms with Crippen molar-refractivity contribution < 1.29 is 14.2 Å². The molecule has 1 aromatic carbocycles. The van der Waals surface area contributed by atoms with Crippen molar-refractivity contribution in [2.75, 3.05) is 37.8 Å². The normalized spacial score (nSPS) is 20.2. The van der Waals surface area contributed by atoms with Gasteiger partial charge in [-0.3, -0.25) is 0 Å². The molecule has 1 fully saturated rings. The van der Waals surface area contributed by atoms with Crippen molar-refractivity contribution >= 4 is 5.95 Å². The van der Waals surface area contributed by atoms with Crippen LogP contribution in [0.3, 0.4) is 0 Å². The highest BCUT2D eigenvalue weighted by Crippen LogP contribution is 2.23. The molecular weight excluding hydrogens is 335 g/mol. The largest absolute Gasteiger partial charge is 0.491 e.